The van der Waals surface area contributed by atoms with E-state index in [9.17, 15) is 0 Å². The highest BCUT2D eigenvalue weighted by Gasteiger charge is 2.02. The molecule has 0 aliphatic heterocycles. The van der Waals surface area contributed by atoms with Crippen molar-refractivity contribution in [2.45, 2.75) is 16.5 Å². The quantitative estimate of drug-likeness (QED) is 0.792. The van der Waals surface area contributed by atoms with E-state index in [1.807, 2.05) is 48.5 Å². The second kappa shape index (κ2) is 5.38. The van der Waals surface area contributed by atoms with Crippen molar-refractivity contribution in [2.24, 2.45) is 0 Å². The van der Waals surface area contributed by atoms with Crippen LogP contribution in [0.15, 0.2) is 64.6 Å². The fourth-order valence-electron chi connectivity index (χ4n) is 1.77. The van der Waals surface area contributed by atoms with Crippen LogP contribution in [0, 0.1) is 0 Å². The highest BCUT2D eigenvalue weighted by atomic mass is 32.2. The number of aromatic nitrogens is 2. The van der Waals surface area contributed by atoms with Crippen LogP contribution < -0.4 is 0 Å². The van der Waals surface area contributed by atoms with Crippen LogP contribution in [0.25, 0.3) is 11.0 Å². The van der Waals surface area contributed by atoms with Crippen LogP contribution in [0.5, 0.6) is 0 Å². The van der Waals surface area contributed by atoms with Crippen molar-refractivity contribution in [1.82, 2.24) is 9.97 Å². The van der Waals surface area contributed by atoms with E-state index in [4.69, 9.17) is 5.11 Å². The predicted octanol–water partition coefficient (Wildman–Crippen LogP) is 3.27. The molecule has 3 aromatic rings. The molecule has 0 aliphatic carbocycles. The Morgan fingerprint density at radius 2 is 1.68 bits per heavy atom. The maximum absolute atomic E-state index is 9.01. The molecule has 3 nitrogen and oxygen atoms in total. The van der Waals surface area contributed by atoms with Gasteiger partial charge in [-0.15, -0.1) is 0 Å². The fraction of sp³-hybridized carbons (Fsp3) is 0.0667. The van der Waals surface area contributed by atoms with Gasteiger partial charge in [-0.05, 0) is 29.8 Å². The van der Waals surface area contributed by atoms with E-state index in [1.165, 1.54) is 0 Å². The van der Waals surface area contributed by atoms with Gasteiger partial charge in [0.15, 0.2) is 0 Å². The van der Waals surface area contributed by atoms with E-state index >= 15 is 0 Å². The van der Waals surface area contributed by atoms with Crippen molar-refractivity contribution in [2.75, 3.05) is 0 Å². The van der Waals surface area contributed by atoms with Gasteiger partial charge >= 0.3 is 0 Å². The summed E-state index contributed by atoms with van der Waals surface area (Å²) in [5, 5.41) is 9.88. The standard InChI is InChI=1S/C15H12N2OS/c18-10-11-5-7-12(8-6-11)19-15-9-16-13-3-1-2-4-14(13)17-15/h1-9,18H,10H2. The molecule has 0 fully saturated rings. The summed E-state index contributed by atoms with van der Waals surface area (Å²) in [5.41, 5.74) is 2.72. The SMILES string of the molecule is OCc1ccc(Sc2cnc3ccccc3n2)cc1. The molecule has 19 heavy (non-hydrogen) atoms. The molecule has 4 heteroatoms. The molecule has 0 aliphatic rings. The minimum atomic E-state index is 0.0702. The molecule has 2 aromatic carbocycles. The van der Waals surface area contributed by atoms with Gasteiger partial charge in [0.05, 0.1) is 23.8 Å². The van der Waals surface area contributed by atoms with Gasteiger partial charge in [0.25, 0.3) is 0 Å². The Kier molecular flexibility index (Phi) is 3.44. The Labute approximate surface area is 115 Å². The molecule has 0 saturated carbocycles. The average Bonchev–Trinajstić information content (AvgIpc) is 2.48. The maximum atomic E-state index is 9.01. The summed E-state index contributed by atoms with van der Waals surface area (Å²) in [7, 11) is 0. The van der Waals surface area contributed by atoms with Gasteiger partial charge < -0.3 is 5.11 Å². The lowest BCUT2D eigenvalue weighted by Crippen LogP contribution is -1.86. The number of hydrogen-bond acceptors (Lipinski definition) is 4. The number of para-hydroxylation sites is 2. The van der Waals surface area contributed by atoms with Crippen LogP contribution in [0.1, 0.15) is 5.56 Å². The first kappa shape index (κ1) is 12.1. The molecule has 0 saturated heterocycles. The molecule has 94 valence electrons. The fourth-order valence-corrected chi connectivity index (χ4v) is 2.54. The first-order chi connectivity index (χ1) is 9.35. The van der Waals surface area contributed by atoms with Gasteiger partial charge in [-0.25, -0.2) is 4.98 Å². The molecule has 0 amide bonds. The number of hydrogen-bond donors (Lipinski definition) is 1. The van der Waals surface area contributed by atoms with Crippen molar-refractivity contribution in [1.29, 1.82) is 0 Å². The van der Waals surface area contributed by atoms with E-state index in [0.29, 0.717) is 0 Å². The first-order valence-corrected chi connectivity index (χ1v) is 6.76. The third kappa shape index (κ3) is 2.75. The number of aliphatic hydroxyl groups excluding tert-OH is 1. The van der Waals surface area contributed by atoms with E-state index in [0.717, 1.165) is 26.5 Å². The van der Waals surface area contributed by atoms with E-state index < -0.39 is 0 Å². The summed E-state index contributed by atoms with van der Waals surface area (Å²) in [5.74, 6) is 0. The molecule has 1 aromatic heterocycles. The lowest BCUT2D eigenvalue weighted by molar-refractivity contribution is 0.282. The third-order valence-electron chi connectivity index (χ3n) is 2.75. The smallest absolute Gasteiger partial charge is 0.120 e. The van der Waals surface area contributed by atoms with Gasteiger partial charge in [0.2, 0.25) is 0 Å². The van der Waals surface area contributed by atoms with Crippen LogP contribution in [0.4, 0.5) is 0 Å². The summed E-state index contributed by atoms with van der Waals surface area (Å²) in [6, 6.07) is 15.6. The molecule has 0 spiro atoms. The lowest BCUT2D eigenvalue weighted by atomic mass is 10.2. The zero-order valence-corrected chi connectivity index (χ0v) is 11.0. The predicted molar refractivity (Wildman–Crippen MR) is 76.0 cm³/mol. The Morgan fingerprint density at radius 3 is 2.42 bits per heavy atom. The second-order valence-corrected chi connectivity index (χ2v) is 5.19. The lowest BCUT2D eigenvalue weighted by Gasteiger charge is -2.03. The highest BCUT2D eigenvalue weighted by Crippen LogP contribution is 2.26. The van der Waals surface area contributed by atoms with Crippen LogP contribution in [0.3, 0.4) is 0 Å². The molecular weight excluding hydrogens is 256 g/mol. The van der Waals surface area contributed by atoms with Crippen LogP contribution in [0.2, 0.25) is 0 Å². The van der Waals surface area contributed by atoms with E-state index in [1.54, 1.807) is 18.0 Å². The Balaban J connectivity index is 1.87. The summed E-state index contributed by atoms with van der Waals surface area (Å²) < 4.78 is 0. The normalized spacial score (nSPS) is 10.8. The van der Waals surface area contributed by atoms with Crippen molar-refractivity contribution in [3.63, 3.8) is 0 Å². The Morgan fingerprint density at radius 1 is 0.947 bits per heavy atom. The number of nitrogens with zero attached hydrogens (tertiary/aromatic N) is 2. The van der Waals surface area contributed by atoms with Gasteiger partial charge in [-0.2, -0.15) is 0 Å². The number of aliphatic hydroxyl groups is 1. The first-order valence-electron chi connectivity index (χ1n) is 5.94. The Bertz CT molecular complexity index is 698. The van der Waals surface area contributed by atoms with Crippen LogP contribution in [-0.2, 0) is 6.61 Å². The molecule has 0 bridgehead atoms. The molecular formula is C15H12N2OS. The topological polar surface area (TPSA) is 46.0 Å². The average molecular weight is 268 g/mol. The van der Waals surface area contributed by atoms with Crippen molar-refractivity contribution >= 4 is 22.8 Å². The summed E-state index contributed by atoms with van der Waals surface area (Å²) in [6.07, 6.45) is 1.78. The largest absolute Gasteiger partial charge is 0.392 e. The monoisotopic (exact) mass is 268 g/mol. The minimum Gasteiger partial charge on any atom is -0.392 e. The zero-order valence-electron chi connectivity index (χ0n) is 10.2. The maximum Gasteiger partial charge on any atom is 0.120 e. The van der Waals surface area contributed by atoms with Crippen LogP contribution >= 0.6 is 11.8 Å². The van der Waals surface area contributed by atoms with Gasteiger partial charge in [0, 0.05) is 4.90 Å². The molecule has 0 atom stereocenters. The van der Waals surface area contributed by atoms with Gasteiger partial charge in [-0.1, -0.05) is 36.0 Å². The van der Waals surface area contributed by atoms with Crippen LogP contribution in [-0.4, -0.2) is 15.1 Å². The highest BCUT2D eigenvalue weighted by molar-refractivity contribution is 7.99. The minimum absolute atomic E-state index is 0.0702. The summed E-state index contributed by atoms with van der Waals surface area (Å²) in [4.78, 5) is 10.0. The van der Waals surface area contributed by atoms with E-state index in [2.05, 4.69) is 9.97 Å². The molecule has 0 radical (unpaired) electrons. The molecule has 3 rings (SSSR count). The Hall–Kier alpha value is -1.91. The van der Waals surface area contributed by atoms with Gasteiger partial charge in [0.1, 0.15) is 5.03 Å². The molecule has 1 heterocycles. The van der Waals surface area contributed by atoms with Crippen molar-refractivity contribution in [3.05, 3.63) is 60.3 Å². The van der Waals surface area contributed by atoms with Gasteiger partial charge in [-0.3, -0.25) is 4.98 Å². The van der Waals surface area contributed by atoms with Crippen molar-refractivity contribution < 1.29 is 5.11 Å². The second-order valence-electron chi connectivity index (χ2n) is 4.10. The van der Waals surface area contributed by atoms with Crippen molar-refractivity contribution in [3.8, 4) is 0 Å². The summed E-state index contributed by atoms with van der Waals surface area (Å²) >= 11 is 1.57. The molecule has 0 unspecified atom stereocenters. The van der Waals surface area contributed by atoms with E-state index in [-0.39, 0.29) is 6.61 Å². The third-order valence-corrected chi connectivity index (χ3v) is 3.67. The molecule has 1 N–H and O–H groups in total. The number of fused-ring (bicyclic) bond motifs is 1. The number of rotatable bonds is 3. The summed E-state index contributed by atoms with van der Waals surface area (Å²) in [6.45, 7) is 0.0702. The number of benzene rings is 2. The zero-order chi connectivity index (χ0) is 13.1.